The van der Waals surface area contributed by atoms with Gasteiger partial charge in [-0.05, 0) is 43.7 Å². The molecule has 2 heterocycles. The highest BCUT2D eigenvalue weighted by Gasteiger charge is 2.19. The van der Waals surface area contributed by atoms with Crippen LogP contribution in [-0.2, 0) is 11.3 Å². The zero-order valence-electron chi connectivity index (χ0n) is 15.5. The molecule has 3 rings (SSSR count). The Bertz CT molecular complexity index is 961. The monoisotopic (exact) mass is 392 g/mol. The van der Waals surface area contributed by atoms with Crippen LogP contribution in [-0.4, -0.2) is 27.4 Å². The summed E-state index contributed by atoms with van der Waals surface area (Å²) in [6.45, 7) is 4.58. The minimum absolute atomic E-state index is 0.196. The number of halogens is 2. The van der Waals surface area contributed by atoms with Crippen molar-refractivity contribution in [1.29, 1.82) is 0 Å². The van der Waals surface area contributed by atoms with E-state index in [1.807, 2.05) is 13.8 Å². The predicted octanol–water partition coefficient (Wildman–Crippen LogP) is 4.49. The molecule has 8 heteroatoms. The summed E-state index contributed by atoms with van der Waals surface area (Å²) >= 11 is 1.37. The Labute approximate surface area is 160 Å². The fourth-order valence-corrected chi connectivity index (χ4v) is 3.83. The average Bonchev–Trinajstić information content (AvgIpc) is 3.03. The van der Waals surface area contributed by atoms with Gasteiger partial charge in [-0.1, -0.05) is 0 Å². The summed E-state index contributed by atoms with van der Waals surface area (Å²) in [4.78, 5) is 9.28. The number of nitrogens with two attached hydrogens (primary N) is 1. The van der Waals surface area contributed by atoms with Crippen LogP contribution in [0.1, 0.15) is 30.8 Å². The molecule has 0 bridgehead atoms. The second kappa shape index (κ2) is 8.22. The number of aromatic nitrogens is 3. The number of nitrogen functional groups attached to an aromatic ring is 1. The van der Waals surface area contributed by atoms with Crippen LogP contribution in [0.4, 0.5) is 14.6 Å². The average molecular weight is 392 g/mol. The van der Waals surface area contributed by atoms with E-state index in [1.54, 1.807) is 13.3 Å². The van der Waals surface area contributed by atoms with Crippen LogP contribution >= 0.6 is 11.8 Å². The topological polar surface area (TPSA) is 66.0 Å². The van der Waals surface area contributed by atoms with Gasteiger partial charge in [0.05, 0.1) is 5.52 Å². The van der Waals surface area contributed by atoms with Gasteiger partial charge in [0, 0.05) is 30.8 Å². The van der Waals surface area contributed by atoms with E-state index in [1.165, 1.54) is 23.9 Å². The summed E-state index contributed by atoms with van der Waals surface area (Å²) in [6, 6.07) is 3.65. The Kier molecular flexibility index (Phi) is 5.96. The molecule has 2 aromatic heterocycles. The van der Waals surface area contributed by atoms with Gasteiger partial charge in [0.2, 0.25) is 0 Å². The third kappa shape index (κ3) is 4.06. The van der Waals surface area contributed by atoms with Crippen LogP contribution in [0.15, 0.2) is 29.3 Å². The number of thioether (sulfide) groups is 1. The van der Waals surface area contributed by atoms with Crippen molar-refractivity contribution in [3.05, 3.63) is 47.4 Å². The quantitative estimate of drug-likeness (QED) is 0.474. The highest BCUT2D eigenvalue weighted by atomic mass is 32.2. The third-order valence-electron chi connectivity index (χ3n) is 4.41. The van der Waals surface area contributed by atoms with Crippen molar-refractivity contribution in [3.63, 3.8) is 0 Å². The number of anilines is 1. The number of nitrogens with zero attached hydrogens (tertiary/aromatic N) is 3. The lowest BCUT2D eigenvalue weighted by Crippen LogP contribution is -2.10. The highest BCUT2D eigenvalue weighted by molar-refractivity contribution is 7.99. The molecule has 3 aromatic rings. The number of methoxy groups -OCH3 is 1. The maximum absolute atomic E-state index is 13.8. The van der Waals surface area contributed by atoms with Crippen LogP contribution in [0.3, 0.4) is 0 Å². The number of rotatable bonds is 7. The molecule has 0 fully saturated rings. The van der Waals surface area contributed by atoms with Gasteiger partial charge in [-0.25, -0.2) is 18.7 Å². The van der Waals surface area contributed by atoms with Gasteiger partial charge in [0.25, 0.3) is 0 Å². The summed E-state index contributed by atoms with van der Waals surface area (Å²) in [7, 11) is 1.63. The lowest BCUT2D eigenvalue weighted by molar-refractivity contribution is 0.109. The molecular formula is C19H22F2N4OS. The highest BCUT2D eigenvalue weighted by Crippen LogP contribution is 2.29. The maximum Gasteiger partial charge on any atom is 0.151 e. The lowest BCUT2D eigenvalue weighted by atomic mass is 10.2. The number of imidazole rings is 1. The lowest BCUT2D eigenvalue weighted by Gasteiger charge is -2.14. The molecule has 0 aliphatic carbocycles. The number of aryl methyl sites for hydroxylation is 2. The van der Waals surface area contributed by atoms with E-state index < -0.39 is 11.6 Å². The van der Waals surface area contributed by atoms with Crippen LogP contribution in [0, 0.1) is 18.6 Å². The van der Waals surface area contributed by atoms with Crippen LogP contribution in [0.25, 0.3) is 11.0 Å². The Hall–Kier alpha value is -2.19. The van der Waals surface area contributed by atoms with Gasteiger partial charge in [-0.15, -0.1) is 11.8 Å². The van der Waals surface area contributed by atoms with Crippen molar-refractivity contribution in [3.8, 4) is 0 Å². The molecule has 0 saturated carbocycles. The van der Waals surface area contributed by atoms with E-state index in [0.717, 1.165) is 29.4 Å². The van der Waals surface area contributed by atoms with E-state index in [9.17, 15) is 8.78 Å². The van der Waals surface area contributed by atoms with Gasteiger partial charge in [-0.3, -0.25) is 0 Å². The van der Waals surface area contributed by atoms with Crippen molar-refractivity contribution < 1.29 is 13.5 Å². The number of hydrogen-bond acceptors (Lipinski definition) is 5. The van der Waals surface area contributed by atoms with Gasteiger partial charge >= 0.3 is 0 Å². The van der Waals surface area contributed by atoms with E-state index in [-0.39, 0.29) is 6.10 Å². The SMILES string of the molecule is COC(C)c1nc2c(N)ncc(C)c2n1CCCSc1ccc(F)cc1F. The van der Waals surface area contributed by atoms with Crippen LogP contribution in [0.2, 0.25) is 0 Å². The van der Waals surface area contributed by atoms with Crippen molar-refractivity contribution in [2.75, 3.05) is 18.6 Å². The van der Waals surface area contributed by atoms with E-state index >= 15 is 0 Å². The number of benzene rings is 1. The molecule has 5 nitrogen and oxygen atoms in total. The van der Waals surface area contributed by atoms with Crippen molar-refractivity contribution in [2.45, 2.75) is 37.8 Å². The Balaban J connectivity index is 1.80. The van der Waals surface area contributed by atoms with Crippen molar-refractivity contribution in [2.24, 2.45) is 0 Å². The zero-order chi connectivity index (χ0) is 19.6. The molecule has 0 saturated heterocycles. The fraction of sp³-hybridized carbons (Fsp3) is 0.368. The van der Waals surface area contributed by atoms with Crippen molar-refractivity contribution >= 4 is 28.6 Å². The first-order valence-corrected chi connectivity index (χ1v) is 9.62. The molecule has 0 spiro atoms. The standard InChI is InChI=1S/C19H22F2N4OS/c1-11-10-23-18(22)16-17(11)25(19(24-16)12(2)26-3)7-4-8-27-15-6-5-13(20)9-14(15)21/h5-6,9-10,12H,4,7-8H2,1-3H3,(H2,22,23). The second-order valence-corrected chi connectivity index (χ2v) is 7.44. The fourth-order valence-electron chi connectivity index (χ4n) is 2.98. The molecule has 0 amide bonds. The summed E-state index contributed by atoms with van der Waals surface area (Å²) < 4.78 is 34.3. The smallest absolute Gasteiger partial charge is 0.151 e. The van der Waals surface area contributed by atoms with Crippen LogP contribution in [0.5, 0.6) is 0 Å². The molecule has 27 heavy (non-hydrogen) atoms. The number of ether oxygens (including phenoxy) is 1. The number of pyridine rings is 1. The first kappa shape index (κ1) is 19.6. The minimum Gasteiger partial charge on any atom is -0.382 e. The molecule has 1 aromatic carbocycles. The first-order chi connectivity index (χ1) is 12.9. The molecular weight excluding hydrogens is 370 g/mol. The molecule has 144 valence electrons. The first-order valence-electron chi connectivity index (χ1n) is 8.64. The second-order valence-electron chi connectivity index (χ2n) is 6.30. The predicted molar refractivity (Wildman–Crippen MR) is 104 cm³/mol. The molecule has 2 N–H and O–H groups in total. The summed E-state index contributed by atoms with van der Waals surface area (Å²) in [5, 5.41) is 0. The molecule has 1 atom stereocenters. The Morgan fingerprint density at radius 2 is 2.11 bits per heavy atom. The van der Waals surface area contributed by atoms with Gasteiger partial charge in [0.15, 0.2) is 5.82 Å². The maximum atomic E-state index is 13.8. The molecule has 1 unspecified atom stereocenters. The van der Waals surface area contributed by atoms with E-state index in [2.05, 4.69) is 14.5 Å². The summed E-state index contributed by atoms with van der Waals surface area (Å²) in [5.74, 6) is 0.760. The summed E-state index contributed by atoms with van der Waals surface area (Å²) in [6.07, 6.45) is 2.32. The molecule has 0 radical (unpaired) electrons. The van der Waals surface area contributed by atoms with Crippen LogP contribution < -0.4 is 5.73 Å². The van der Waals surface area contributed by atoms with Gasteiger partial charge in [0.1, 0.15) is 29.1 Å². The normalized spacial score (nSPS) is 12.6. The molecule has 0 aliphatic rings. The van der Waals surface area contributed by atoms with E-state index in [0.29, 0.717) is 28.5 Å². The number of fused-ring (bicyclic) bond motifs is 1. The van der Waals surface area contributed by atoms with Crippen molar-refractivity contribution in [1.82, 2.24) is 14.5 Å². The van der Waals surface area contributed by atoms with E-state index in [4.69, 9.17) is 10.5 Å². The third-order valence-corrected chi connectivity index (χ3v) is 5.54. The number of hydrogen-bond donors (Lipinski definition) is 1. The molecule has 0 aliphatic heterocycles. The Morgan fingerprint density at radius 3 is 2.81 bits per heavy atom. The zero-order valence-corrected chi connectivity index (χ0v) is 16.3. The Morgan fingerprint density at radius 1 is 1.33 bits per heavy atom. The minimum atomic E-state index is -0.568. The summed E-state index contributed by atoms with van der Waals surface area (Å²) in [5.41, 5.74) is 8.61. The largest absolute Gasteiger partial charge is 0.382 e. The van der Waals surface area contributed by atoms with Gasteiger partial charge in [-0.2, -0.15) is 0 Å². The van der Waals surface area contributed by atoms with Gasteiger partial charge < -0.3 is 15.0 Å².